The number of guanidine groups is 1. The Kier molecular flexibility index (Phi) is 7.31. The first-order chi connectivity index (χ1) is 10.6. The molecule has 0 aromatic rings. The van der Waals surface area contributed by atoms with Crippen LogP contribution in [-0.2, 0) is 4.74 Å². The summed E-state index contributed by atoms with van der Waals surface area (Å²) in [5.74, 6) is 2.98. The molecule has 2 aliphatic rings. The van der Waals surface area contributed by atoms with Crippen molar-refractivity contribution in [2.45, 2.75) is 32.1 Å². The molecule has 2 atom stereocenters. The molecule has 1 N–H and O–H groups in total. The Bertz CT molecular complexity index is 358. The van der Waals surface area contributed by atoms with Gasteiger partial charge in [0.2, 0.25) is 0 Å². The van der Waals surface area contributed by atoms with E-state index in [9.17, 15) is 0 Å². The van der Waals surface area contributed by atoms with E-state index in [4.69, 9.17) is 4.74 Å². The van der Waals surface area contributed by atoms with Gasteiger partial charge in [0.15, 0.2) is 5.96 Å². The van der Waals surface area contributed by atoms with Crippen molar-refractivity contribution >= 4 is 17.7 Å². The summed E-state index contributed by atoms with van der Waals surface area (Å²) >= 11 is 2.10. The van der Waals surface area contributed by atoms with Gasteiger partial charge in [-0.15, -0.1) is 0 Å². The summed E-state index contributed by atoms with van der Waals surface area (Å²) in [6, 6.07) is 0.515. The minimum Gasteiger partial charge on any atom is -0.379 e. The summed E-state index contributed by atoms with van der Waals surface area (Å²) in [4.78, 5) is 9.42. The first-order valence-electron chi connectivity index (χ1n) is 8.50. The first-order valence-corrected chi connectivity index (χ1v) is 9.55. The van der Waals surface area contributed by atoms with E-state index in [1.165, 1.54) is 5.75 Å². The summed E-state index contributed by atoms with van der Waals surface area (Å²) in [7, 11) is 1.90. The maximum atomic E-state index is 5.43. The van der Waals surface area contributed by atoms with Crippen LogP contribution >= 0.6 is 11.8 Å². The van der Waals surface area contributed by atoms with Gasteiger partial charge >= 0.3 is 0 Å². The zero-order valence-corrected chi connectivity index (χ0v) is 15.4. The second kappa shape index (κ2) is 8.99. The Morgan fingerprint density at radius 2 is 2.00 bits per heavy atom. The molecule has 2 rings (SSSR count). The number of thioether (sulfide) groups is 1. The number of ether oxygens (including phenoxy) is 1. The van der Waals surface area contributed by atoms with Crippen molar-refractivity contribution in [3.63, 3.8) is 0 Å². The molecule has 22 heavy (non-hydrogen) atoms. The van der Waals surface area contributed by atoms with Crippen LogP contribution < -0.4 is 5.32 Å². The summed E-state index contributed by atoms with van der Waals surface area (Å²) in [6.45, 7) is 13.9. The van der Waals surface area contributed by atoms with Crippen LogP contribution in [0.15, 0.2) is 4.99 Å². The summed E-state index contributed by atoms with van der Waals surface area (Å²) in [5.41, 5.74) is 0. The van der Waals surface area contributed by atoms with Gasteiger partial charge in [0.25, 0.3) is 0 Å². The number of rotatable bonds is 4. The highest BCUT2D eigenvalue weighted by atomic mass is 32.2. The Hall–Kier alpha value is -0.460. The fourth-order valence-electron chi connectivity index (χ4n) is 2.99. The average molecular weight is 329 g/mol. The highest BCUT2D eigenvalue weighted by Gasteiger charge is 2.25. The van der Waals surface area contributed by atoms with Gasteiger partial charge in [-0.3, -0.25) is 9.89 Å². The van der Waals surface area contributed by atoms with E-state index in [1.807, 2.05) is 7.05 Å². The van der Waals surface area contributed by atoms with Gasteiger partial charge in [0, 0.05) is 56.8 Å². The van der Waals surface area contributed by atoms with Crippen molar-refractivity contribution < 1.29 is 4.74 Å². The Balaban J connectivity index is 1.81. The molecule has 0 spiro atoms. The fourth-order valence-corrected chi connectivity index (χ4v) is 4.29. The molecule has 0 amide bonds. The molecule has 0 aliphatic carbocycles. The molecule has 0 radical (unpaired) electrons. The minimum atomic E-state index is 0.515. The summed E-state index contributed by atoms with van der Waals surface area (Å²) in [5, 5.41) is 4.29. The topological polar surface area (TPSA) is 40.1 Å². The largest absolute Gasteiger partial charge is 0.379 e. The predicted molar refractivity (Wildman–Crippen MR) is 95.9 cm³/mol. The third kappa shape index (κ3) is 5.03. The highest BCUT2D eigenvalue weighted by molar-refractivity contribution is 8.00. The minimum absolute atomic E-state index is 0.515. The lowest BCUT2D eigenvalue weighted by Crippen LogP contribution is -2.52. The molecule has 6 heteroatoms. The third-order valence-electron chi connectivity index (χ3n) is 4.57. The van der Waals surface area contributed by atoms with Crippen molar-refractivity contribution in [3.8, 4) is 0 Å². The van der Waals surface area contributed by atoms with Crippen LogP contribution in [0.2, 0.25) is 0 Å². The molecular weight excluding hydrogens is 296 g/mol. The molecule has 2 saturated heterocycles. The van der Waals surface area contributed by atoms with Gasteiger partial charge in [-0.05, 0) is 12.8 Å². The number of nitrogens with one attached hydrogen (secondary N) is 1. The molecule has 0 bridgehead atoms. The highest BCUT2D eigenvalue weighted by Crippen LogP contribution is 2.24. The quantitative estimate of drug-likeness (QED) is 0.623. The Morgan fingerprint density at radius 3 is 2.64 bits per heavy atom. The zero-order valence-electron chi connectivity index (χ0n) is 14.5. The van der Waals surface area contributed by atoms with Gasteiger partial charge < -0.3 is 15.0 Å². The standard InChI is InChI=1S/C16H32N4OS/c1-13(2)15-12-20(7-10-22-15)16(17-4)18-11-14(3)19-5-8-21-9-6-19/h13-15H,5-12H2,1-4H3,(H,17,18). The molecule has 2 aliphatic heterocycles. The normalized spacial score (nSPS) is 26.3. The van der Waals surface area contributed by atoms with Crippen molar-refractivity contribution in [2.24, 2.45) is 10.9 Å². The van der Waals surface area contributed by atoms with E-state index in [0.717, 1.165) is 57.8 Å². The van der Waals surface area contributed by atoms with Crippen LogP contribution in [0.3, 0.4) is 0 Å². The summed E-state index contributed by atoms with van der Waals surface area (Å²) < 4.78 is 5.43. The Labute approximate surface area is 139 Å². The van der Waals surface area contributed by atoms with Crippen LogP contribution in [0, 0.1) is 5.92 Å². The number of morpholine rings is 1. The lowest BCUT2D eigenvalue weighted by molar-refractivity contribution is 0.0210. The number of aliphatic imine (C=N–C) groups is 1. The molecule has 2 heterocycles. The number of hydrogen-bond donors (Lipinski definition) is 1. The van der Waals surface area contributed by atoms with Crippen molar-refractivity contribution in [3.05, 3.63) is 0 Å². The molecule has 5 nitrogen and oxygen atoms in total. The average Bonchev–Trinajstić information content (AvgIpc) is 2.56. The van der Waals surface area contributed by atoms with E-state index < -0.39 is 0 Å². The van der Waals surface area contributed by atoms with Crippen LogP contribution in [0.5, 0.6) is 0 Å². The second-order valence-corrected chi connectivity index (χ2v) is 7.87. The maximum absolute atomic E-state index is 5.43. The third-order valence-corrected chi connectivity index (χ3v) is 6.11. The monoisotopic (exact) mass is 328 g/mol. The van der Waals surface area contributed by atoms with E-state index in [-0.39, 0.29) is 0 Å². The molecular formula is C16H32N4OS. The van der Waals surface area contributed by atoms with Gasteiger partial charge in [-0.1, -0.05) is 13.8 Å². The van der Waals surface area contributed by atoms with E-state index in [0.29, 0.717) is 11.3 Å². The van der Waals surface area contributed by atoms with Crippen LogP contribution in [0.4, 0.5) is 0 Å². The van der Waals surface area contributed by atoms with Crippen molar-refractivity contribution in [1.82, 2.24) is 15.1 Å². The van der Waals surface area contributed by atoms with Crippen molar-refractivity contribution in [1.29, 1.82) is 0 Å². The summed E-state index contributed by atoms with van der Waals surface area (Å²) in [6.07, 6.45) is 0. The SMILES string of the molecule is CN=C(NCC(C)N1CCOCC1)N1CCSC(C(C)C)C1. The predicted octanol–water partition coefficient (Wildman–Crippen LogP) is 1.36. The maximum Gasteiger partial charge on any atom is 0.193 e. The van der Waals surface area contributed by atoms with Crippen molar-refractivity contribution in [2.75, 3.05) is 58.7 Å². The van der Waals surface area contributed by atoms with Gasteiger partial charge in [-0.2, -0.15) is 11.8 Å². The molecule has 0 aromatic carbocycles. The van der Waals surface area contributed by atoms with Crippen LogP contribution in [0.25, 0.3) is 0 Å². The molecule has 0 aromatic heterocycles. The van der Waals surface area contributed by atoms with Gasteiger partial charge in [0.1, 0.15) is 0 Å². The van der Waals surface area contributed by atoms with E-state index >= 15 is 0 Å². The molecule has 2 fully saturated rings. The number of hydrogen-bond acceptors (Lipinski definition) is 4. The molecule has 2 unspecified atom stereocenters. The molecule has 128 valence electrons. The Morgan fingerprint density at radius 1 is 1.27 bits per heavy atom. The van der Waals surface area contributed by atoms with Crippen LogP contribution in [0.1, 0.15) is 20.8 Å². The second-order valence-electron chi connectivity index (χ2n) is 6.52. The van der Waals surface area contributed by atoms with E-state index in [2.05, 4.69) is 52.6 Å². The van der Waals surface area contributed by atoms with E-state index in [1.54, 1.807) is 0 Å². The lowest BCUT2D eigenvalue weighted by Gasteiger charge is -2.37. The van der Waals surface area contributed by atoms with Crippen LogP contribution in [-0.4, -0.2) is 85.8 Å². The molecule has 0 saturated carbocycles. The smallest absolute Gasteiger partial charge is 0.193 e. The fraction of sp³-hybridized carbons (Fsp3) is 0.938. The zero-order chi connectivity index (χ0) is 15.9. The first kappa shape index (κ1) is 17.9. The lowest BCUT2D eigenvalue weighted by atomic mass is 10.1. The number of nitrogens with zero attached hydrogens (tertiary/aromatic N) is 3. The van der Waals surface area contributed by atoms with Gasteiger partial charge in [0.05, 0.1) is 13.2 Å². The van der Waals surface area contributed by atoms with Gasteiger partial charge in [-0.25, -0.2) is 0 Å².